The van der Waals surface area contributed by atoms with E-state index in [1.807, 2.05) is 4.57 Å². The van der Waals surface area contributed by atoms with Crippen molar-refractivity contribution in [3.05, 3.63) is 23.0 Å². The highest BCUT2D eigenvalue weighted by Gasteiger charge is 2.20. The van der Waals surface area contributed by atoms with Gasteiger partial charge in [0.05, 0.1) is 16.1 Å². The lowest BCUT2D eigenvalue weighted by Gasteiger charge is -2.30. The van der Waals surface area contributed by atoms with E-state index in [2.05, 4.69) is 16.9 Å². The van der Waals surface area contributed by atoms with E-state index >= 15 is 0 Å². The highest BCUT2D eigenvalue weighted by atomic mass is 35.5. The number of imidazole rings is 1. The quantitative estimate of drug-likeness (QED) is 0.927. The van der Waals surface area contributed by atoms with Crippen molar-refractivity contribution >= 4 is 28.6 Å². The van der Waals surface area contributed by atoms with Crippen LogP contribution < -0.4 is 5.73 Å². The molecule has 2 N–H and O–H groups in total. The first-order valence-corrected chi connectivity index (χ1v) is 7.21. The Balaban J connectivity index is 1.94. The molecule has 0 saturated carbocycles. The van der Waals surface area contributed by atoms with Gasteiger partial charge < -0.3 is 15.2 Å². The number of benzene rings is 1. The van der Waals surface area contributed by atoms with Crippen LogP contribution in [0.4, 0.5) is 10.3 Å². The number of halogens is 2. The first-order chi connectivity index (χ1) is 9.54. The average molecular weight is 297 g/mol. The molecule has 4 nitrogen and oxygen atoms in total. The molecule has 2 aromatic rings. The predicted octanol–water partition coefficient (Wildman–Crippen LogP) is 2.75. The molecule has 3 rings (SSSR count). The third-order valence-electron chi connectivity index (χ3n) is 3.98. The second-order valence-electron chi connectivity index (χ2n) is 5.61. The summed E-state index contributed by atoms with van der Waals surface area (Å²) in [5.41, 5.74) is 7.35. The van der Waals surface area contributed by atoms with Gasteiger partial charge in [-0.3, -0.25) is 0 Å². The fourth-order valence-electron chi connectivity index (χ4n) is 3.01. The van der Waals surface area contributed by atoms with Crippen LogP contribution in [0.15, 0.2) is 12.1 Å². The van der Waals surface area contributed by atoms with E-state index in [1.54, 1.807) is 6.07 Å². The van der Waals surface area contributed by atoms with Crippen molar-refractivity contribution < 1.29 is 4.39 Å². The first-order valence-electron chi connectivity index (χ1n) is 6.84. The van der Waals surface area contributed by atoms with E-state index in [0.717, 1.165) is 25.2 Å². The Labute approximate surface area is 122 Å². The molecule has 2 heterocycles. The molecule has 1 atom stereocenters. The van der Waals surface area contributed by atoms with Crippen LogP contribution in [0, 0.1) is 11.7 Å². The minimum absolute atomic E-state index is 0.111. The Morgan fingerprint density at radius 3 is 3.05 bits per heavy atom. The summed E-state index contributed by atoms with van der Waals surface area (Å²) < 4.78 is 15.4. The summed E-state index contributed by atoms with van der Waals surface area (Å²) in [6.45, 7) is 3.00. The molecule has 0 amide bonds. The minimum Gasteiger partial charge on any atom is -0.369 e. The number of likely N-dealkylation sites (tertiary alicyclic amines) is 1. The molecule has 1 aliphatic rings. The third kappa shape index (κ3) is 2.47. The number of anilines is 1. The van der Waals surface area contributed by atoms with Crippen LogP contribution in [0.5, 0.6) is 0 Å². The molecule has 0 spiro atoms. The van der Waals surface area contributed by atoms with E-state index in [4.69, 9.17) is 17.3 Å². The molecule has 108 valence electrons. The van der Waals surface area contributed by atoms with Gasteiger partial charge in [-0.25, -0.2) is 9.37 Å². The van der Waals surface area contributed by atoms with E-state index in [-0.39, 0.29) is 5.02 Å². The largest absolute Gasteiger partial charge is 0.369 e. The van der Waals surface area contributed by atoms with Crippen LogP contribution in [0.25, 0.3) is 11.0 Å². The number of nitrogens with two attached hydrogens (primary N) is 1. The van der Waals surface area contributed by atoms with Crippen LogP contribution >= 0.6 is 11.6 Å². The van der Waals surface area contributed by atoms with Crippen LogP contribution in [0.3, 0.4) is 0 Å². The predicted molar refractivity (Wildman–Crippen MR) is 79.3 cm³/mol. The number of fused-ring (bicyclic) bond motifs is 1. The number of nitrogen functional groups attached to an aromatic ring is 1. The van der Waals surface area contributed by atoms with Crippen molar-refractivity contribution in [2.45, 2.75) is 19.4 Å². The van der Waals surface area contributed by atoms with Crippen LogP contribution in [-0.4, -0.2) is 34.6 Å². The molecular weight excluding hydrogens is 279 g/mol. The highest BCUT2D eigenvalue weighted by molar-refractivity contribution is 6.31. The van der Waals surface area contributed by atoms with Gasteiger partial charge in [-0.15, -0.1) is 0 Å². The SMILES string of the molecule is CN1CCCC(Cn2c(N)nc3cc(F)c(Cl)cc32)C1. The summed E-state index contributed by atoms with van der Waals surface area (Å²) >= 11 is 5.87. The standard InChI is InChI=1S/C14H18ClFN4/c1-19-4-2-3-9(7-19)8-20-13-5-10(15)11(16)6-12(13)18-14(20)17/h5-6,9H,2-4,7-8H2,1H3,(H2,17,18). The van der Waals surface area contributed by atoms with Gasteiger partial charge in [0.1, 0.15) is 5.82 Å². The van der Waals surface area contributed by atoms with Gasteiger partial charge in [-0.1, -0.05) is 11.6 Å². The lowest BCUT2D eigenvalue weighted by Crippen LogP contribution is -2.34. The van der Waals surface area contributed by atoms with E-state index in [9.17, 15) is 4.39 Å². The molecule has 0 bridgehead atoms. The topological polar surface area (TPSA) is 47.1 Å². The molecule has 1 fully saturated rings. The van der Waals surface area contributed by atoms with Crippen LogP contribution in [0.1, 0.15) is 12.8 Å². The molecule has 1 saturated heterocycles. The van der Waals surface area contributed by atoms with Crippen LogP contribution in [0.2, 0.25) is 5.02 Å². The summed E-state index contributed by atoms with van der Waals surface area (Å²) in [5, 5.41) is 0.111. The smallest absolute Gasteiger partial charge is 0.201 e. The molecule has 1 aliphatic heterocycles. The molecule has 1 aromatic carbocycles. The van der Waals surface area contributed by atoms with E-state index in [1.165, 1.54) is 18.9 Å². The molecule has 6 heteroatoms. The van der Waals surface area contributed by atoms with Gasteiger partial charge >= 0.3 is 0 Å². The van der Waals surface area contributed by atoms with Crippen molar-refractivity contribution in [1.82, 2.24) is 14.5 Å². The van der Waals surface area contributed by atoms with Crippen molar-refractivity contribution in [3.63, 3.8) is 0 Å². The molecular formula is C14H18ClFN4. The van der Waals surface area contributed by atoms with Gasteiger partial charge in [0.2, 0.25) is 5.95 Å². The number of hydrogen-bond acceptors (Lipinski definition) is 3. The van der Waals surface area contributed by atoms with Crippen molar-refractivity contribution in [2.24, 2.45) is 5.92 Å². The Hall–Kier alpha value is -1.33. The summed E-state index contributed by atoms with van der Waals surface area (Å²) in [7, 11) is 2.13. The lowest BCUT2D eigenvalue weighted by atomic mass is 9.98. The van der Waals surface area contributed by atoms with E-state index < -0.39 is 5.82 Å². The van der Waals surface area contributed by atoms with Gasteiger partial charge in [0, 0.05) is 19.2 Å². The summed E-state index contributed by atoms with van der Waals surface area (Å²) in [5.74, 6) is 0.508. The Kier molecular flexibility index (Phi) is 3.56. The number of nitrogens with zero attached hydrogens (tertiary/aromatic N) is 3. The summed E-state index contributed by atoms with van der Waals surface area (Å²) in [6, 6.07) is 2.96. The maximum Gasteiger partial charge on any atom is 0.201 e. The number of hydrogen-bond donors (Lipinski definition) is 1. The Morgan fingerprint density at radius 2 is 2.30 bits per heavy atom. The molecule has 1 unspecified atom stereocenters. The molecule has 0 aliphatic carbocycles. The first kappa shape index (κ1) is 13.6. The second kappa shape index (κ2) is 5.22. The van der Waals surface area contributed by atoms with Crippen molar-refractivity contribution in [2.75, 3.05) is 25.9 Å². The zero-order valence-corrected chi connectivity index (χ0v) is 12.2. The number of aromatic nitrogens is 2. The maximum absolute atomic E-state index is 13.5. The highest BCUT2D eigenvalue weighted by Crippen LogP contribution is 2.27. The fourth-order valence-corrected chi connectivity index (χ4v) is 3.17. The number of rotatable bonds is 2. The average Bonchev–Trinajstić information content (AvgIpc) is 2.67. The van der Waals surface area contributed by atoms with Gasteiger partial charge in [0.15, 0.2) is 0 Å². The van der Waals surface area contributed by atoms with Gasteiger partial charge in [0.25, 0.3) is 0 Å². The normalized spacial score (nSPS) is 20.6. The number of piperidine rings is 1. The summed E-state index contributed by atoms with van der Waals surface area (Å²) in [4.78, 5) is 6.56. The molecule has 0 radical (unpaired) electrons. The Morgan fingerprint density at radius 1 is 1.50 bits per heavy atom. The van der Waals surface area contributed by atoms with E-state index in [0.29, 0.717) is 17.4 Å². The van der Waals surface area contributed by atoms with Crippen molar-refractivity contribution in [3.8, 4) is 0 Å². The zero-order chi connectivity index (χ0) is 14.3. The fraction of sp³-hybridized carbons (Fsp3) is 0.500. The lowest BCUT2D eigenvalue weighted by molar-refractivity contribution is 0.196. The summed E-state index contributed by atoms with van der Waals surface area (Å²) in [6.07, 6.45) is 2.38. The molecule has 20 heavy (non-hydrogen) atoms. The molecule has 1 aromatic heterocycles. The second-order valence-corrected chi connectivity index (χ2v) is 6.01. The zero-order valence-electron chi connectivity index (χ0n) is 11.4. The van der Waals surface area contributed by atoms with Gasteiger partial charge in [-0.2, -0.15) is 0 Å². The monoisotopic (exact) mass is 296 g/mol. The maximum atomic E-state index is 13.5. The minimum atomic E-state index is -0.457. The third-order valence-corrected chi connectivity index (χ3v) is 4.27. The van der Waals surface area contributed by atoms with Crippen LogP contribution in [-0.2, 0) is 6.54 Å². The van der Waals surface area contributed by atoms with Gasteiger partial charge in [-0.05, 0) is 38.4 Å². The van der Waals surface area contributed by atoms with Crippen molar-refractivity contribution in [1.29, 1.82) is 0 Å². The Bertz CT molecular complexity index is 640.